The Kier molecular flexibility index (Phi) is 6.96. The number of hydrogen-bond donors (Lipinski definition) is 3. The maximum atomic E-state index is 11.7. The molecule has 0 aliphatic heterocycles. The van der Waals surface area contributed by atoms with Crippen molar-refractivity contribution in [3.05, 3.63) is 0 Å². The van der Waals surface area contributed by atoms with Crippen molar-refractivity contribution in [2.75, 3.05) is 6.61 Å². The minimum atomic E-state index is -0.674. The van der Waals surface area contributed by atoms with Crippen LogP contribution in [0.2, 0.25) is 0 Å². The number of carbonyl (C=O) groups is 2. The quantitative estimate of drug-likeness (QED) is 0.735. The molecule has 124 valence electrons. The highest BCUT2D eigenvalue weighted by Crippen LogP contribution is 2.08. The third-order valence-electron chi connectivity index (χ3n) is 2.25. The molecule has 0 rings (SSSR count). The smallest absolute Gasteiger partial charge is 0.408 e. The predicted octanol–water partition coefficient (Wildman–Crippen LogP) is 1.79. The molecule has 0 radical (unpaired) electrons. The molecule has 0 spiro atoms. The van der Waals surface area contributed by atoms with Crippen molar-refractivity contribution < 1.29 is 24.2 Å². The molecule has 0 aromatic heterocycles. The lowest BCUT2D eigenvalue weighted by Gasteiger charge is -2.27. The molecule has 0 aromatic carbocycles. The minimum Gasteiger partial charge on any atom is -0.444 e. The Hall–Kier alpha value is -1.50. The third kappa shape index (κ3) is 9.95. The number of ether oxygens (including phenoxy) is 2. The van der Waals surface area contributed by atoms with Gasteiger partial charge in [0.15, 0.2) is 0 Å². The summed E-state index contributed by atoms with van der Waals surface area (Å²) in [5.74, 6) is 0. The summed E-state index contributed by atoms with van der Waals surface area (Å²) in [6.45, 7) is 11.8. The van der Waals surface area contributed by atoms with Gasteiger partial charge >= 0.3 is 12.2 Å². The predicted molar refractivity (Wildman–Crippen MR) is 79.1 cm³/mol. The van der Waals surface area contributed by atoms with E-state index < -0.39 is 35.5 Å². The fraction of sp³-hybridized carbons (Fsp3) is 0.857. The first-order chi connectivity index (χ1) is 9.34. The molecule has 0 saturated carbocycles. The lowest BCUT2D eigenvalue weighted by molar-refractivity contribution is 0.0407. The zero-order chi connectivity index (χ0) is 16.8. The first kappa shape index (κ1) is 19.5. The second-order valence-electron chi connectivity index (χ2n) is 6.87. The Labute approximate surface area is 126 Å². The van der Waals surface area contributed by atoms with E-state index in [1.807, 2.05) is 0 Å². The summed E-state index contributed by atoms with van der Waals surface area (Å²) in [4.78, 5) is 23.3. The van der Waals surface area contributed by atoms with Gasteiger partial charge in [-0.05, 0) is 48.5 Å². The van der Waals surface area contributed by atoms with Gasteiger partial charge in [0.05, 0.1) is 18.7 Å². The van der Waals surface area contributed by atoms with Gasteiger partial charge in [-0.2, -0.15) is 0 Å². The van der Waals surface area contributed by atoms with E-state index in [9.17, 15) is 14.7 Å². The number of alkyl carbamates (subject to hydrolysis) is 2. The molecule has 0 bridgehead atoms. The van der Waals surface area contributed by atoms with Crippen molar-refractivity contribution in [3.8, 4) is 0 Å². The van der Waals surface area contributed by atoms with Crippen LogP contribution in [0.4, 0.5) is 9.59 Å². The second kappa shape index (κ2) is 7.49. The van der Waals surface area contributed by atoms with Gasteiger partial charge in [-0.15, -0.1) is 0 Å². The SMILES string of the molecule is C[C@H](NC(=O)OC(C)(C)C)[C@@H](CO)NC(=O)OC(C)(C)C. The molecule has 0 aromatic rings. The second-order valence-corrected chi connectivity index (χ2v) is 6.87. The maximum Gasteiger partial charge on any atom is 0.408 e. The number of aliphatic hydroxyl groups is 1. The molecule has 0 unspecified atom stereocenters. The van der Waals surface area contributed by atoms with Crippen LogP contribution in [0, 0.1) is 0 Å². The first-order valence-corrected chi connectivity index (χ1v) is 6.94. The zero-order valence-electron chi connectivity index (χ0n) is 13.9. The van der Waals surface area contributed by atoms with Crippen LogP contribution in [0.25, 0.3) is 0 Å². The molecule has 0 aliphatic carbocycles. The molecule has 0 fully saturated rings. The maximum absolute atomic E-state index is 11.7. The van der Waals surface area contributed by atoms with E-state index in [-0.39, 0.29) is 6.61 Å². The average Bonchev–Trinajstić information content (AvgIpc) is 2.19. The van der Waals surface area contributed by atoms with E-state index in [0.717, 1.165) is 0 Å². The molecule has 0 aliphatic rings. The Balaban J connectivity index is 4.46. The van der Waals surface area contributed by atoms with Crippen LogP contribution in [-0.4, -0.2) is 47.2 Å². The van der Waals surface area contributed by atoms with E-state index >= 15 is 0 Å². The van der Waals surface area contributed by atoms with Crippen LogP contribution in [0.5, 0.6) is 0 Å². The van der Waals surface area contributed by atoms with Crippen molar-refractivity contribution in [1.29, 1.82) is 0 Å². The molecule has 2 atom stereocenters. The van der Waals surface area contributed by atoms with Crippen molar-refractivity contribution in [2.24, 2.45) is 0 Å². The topological polar surface area (TPSA) is 96.9 Å². The minimum absolute atomic E-state index is 0.337. The van der Waals surface area contributed by atoms with Crippen molar-refractivity contribution in [1.82, 2.24) is 10.6 Å². The van der Waals surface area contributed by atoms with Gasteiger partial charge in [-0.25, -0.2) is 9.59 Å². The summed E-state index contributed by atoms with van der Waals surface area (Å²) < 4.78 is 10.2. The zero-order valence-corrected chi connectivity index (χ0v) is 13.9. The van der Waals surface area contributed by atoms with Gasteiger partial charge in [-0.1, -0.05) is 0 Å². The van der Waals surface area contributed by atoms with Crippen molar-refractivity contribution in [3.63, 3.8) is 0 Å². The van der Waals surface area contributed by atoms with Gasteiger partial charge in [0, 0.05) is 0 Å². The fourth-order valence-corrected chi connectivity index (χ4v) is 1.38. The van der Waals surface area contributed by atoms with Crippen molar-refractivity contribution >= 4 is 12.2 Å². The van der Waals surface area contributed by atoms with E-state index in [1.165, 1.54) is 0 Å². The highest BCUT2D eigenvalue weighted by molar-refractivity contribution is 5.70. The highest BCUT2D eigenvalue weighted by atomic mass is 16.6. The standard InChI is InChI=1S/C14H28N2O5/c1-9(15-11(18)20-13(2,3)4)10(8-17)16-12(19)21-14(5,6)7/h9-10,17H,8H2,1-7H3,(H,15,18)(H,16,19)/t9-,10+/m0/s1. The number of carbonyl (C=O) groups excluding carboxylic acids is 2. The molecule has 7 heteroatoms. The number of nitrogens with one attached hydrogen (secondary N) is 2. The Bertz CT molecular complexity index is 357. The molecule has 2 amide bonds. The summed E-state index contributed by atoms with van der Waals surface area (Å²) in [5.41, 5.74) is -1.25. The molecule has 21 heavy (non-hydrogen) atoms. The van der Waals surface area contributed by atoms with Crippen LogP contribution in [-0.2, 0) is 9.47 Å². The Morgan fingerprint density at radius 3 is 1.67 bits per heavy atom. The molecular formula is C14H28N2O5. The number of amides is 2. The van der Waals surface area contributed by atoms with Gasteiger partial charge in [0.25, 0.3) is 0 Å². The van der Waals surface area contributed by atoms with E-state index in [4.69, 9.17) is 9.47 Å². The van der Waals surface area contributed by atoms with Gasteiger partial charge in [-0.3, -0.25) is 0 Å². The summed E-state index contributed by atoms with van der Waals surface area (Å²) in [6.07, 6.45) is -1.26. The Morgan fingerprint density at radius 2 is 1.33 bits per heavy atom. The van der Waals surface area contributed by atoms with Crippen LogP contribution in [0.3, 0.4) is 0 Å². The summed E-state index contributed by atoms with van der Waals surface area (Å²) >= 11 is 0. The normalized spacial score (nSPS) is 14.9. The fourth-order valence-electron chi connectivity index (χ4n) is 1.38. The van der Waals surface area contributed by atoms with E-state index in [2.05, 4.69) is 10.6 Å². The number of rotatable bonds is 4. The van der Waals surface area contributed by atoms with Gasteiger partial charge in [0.1, 0.15) is 11.2 Å². The molecular weight excluding hydrogens is 276 g/mol. The van der Waals surface area contributed by atoms with Crippen LogP contribution >= 0.6 is 0 Å². The third-order valence-corrected chi connectivity index (χ3v) is 2.25. The number of aliphatic hydroxyl groups excluding tert-OH is 1. The highest BCUT2D eigenvalue weighted by Gasteiger charge is 2.25. The first-order valence-electron chi connectivity index (χ1n) is 6.94. The Morgan fingerprint density at radius 1 is 0.952 bits per heavy atom. The van der Waals surface area contributed by atoms with E-state index in [0.29, 0.717) is 0 Å². The average molecular weight is 304 g/mol. The monoisotopic (exact) mass is 304 g/mol. The van der Waals surface area contributed by atoms with Gasteiger partial charge < -0.3 is 25.2 Å². The lowest BCUT2D eigenvalue weighted by atomic mass is 10.1. The largest absolute Gasteiger partial charge is 0.444 e. The number of hydrogen-bond acceptors (Lipinski definition) is 5. The summed E-state index contributed by atoms with van der Waals surface area (Å²) in [7, 11) is 0. The molecule has 0 saturated heterocycles. The molecule has 7 nitrogen and oxygen atoms in total. The van der Waals surface area contributed by atoms with Crippen LogP contribution < -0.4 is 10.6 Å². The van der Waals surface area contributed by atoms with Crippen LogP contribution in [0.15, 0.2) is 0 Å². The van der Waals surface area contributed by atoms with E-state index in [1.54, 1.807) is 48.5 Å². The van der Waals surface area contributed by atoms with Crippen molar-refractivity contribution in [2.45, 2.75) is 71.8 Å². The summed E-state index contributed by atoms with van der Waals surface area (Å²) in [6, 6.07) is -1.19. The molecule has 0 heterocycles. The van der Waals surface area contributed by atoms with Gasteiger partial charge in [0.2, 0.25) is 0 Å². The molecule has 3 N–H and O–H groups in total. The summed E-state index contributed by atoms with van der Waals surface area (Å²) in [5, 5.41) is 14.4. The van der Waals surface area contributed by atoms with Crippen LogP contribution in [0.1, 0.15) is 48.5 Å². The lowest BCUT2D eigenvalue weighted by Crippen LogP contribution is -2.53.